The fourth-order valence-electron chi connectivity index (χ4n) is 2.55. The Morgan fingerprint density at radius 3 is 2.89 bits per heavy atom. The van der Waals surface area contributed by atoms with Gasteiger partial charge in [-0.15, -0.1) is 10.2 Å². The Morgan fingerprint density at radius 1 is 1.42 bits per heavy atom. The molecule has 1 atom stereocenters. The Morgan fingerprint density at radius 2 is 2.21 bits per heavy atom. The van der Waals surface area contributed by atoms with Gasteiger partial charge in [-0.3, -0.25) is 9.69 Å². The molecular formula is C13H21N3O3. The number of carbonyl (C=O) groups is 1. The lowest BCUT2D eigenvalue weighted by molar-refractivity contribution is -0.137. The third kappa shape index (κ3) is 4.02. The summed E-state index contributed by atoms with van der Waals surface area (Å²) in [6.07, 6.45) is 5.05. The first-order valence-corrected chi connectivity index (χ1v) is 6.96. The van der Waals surface area contributed by atoms with E-state index in [4.69, 9.17) is 9.52 Å². The van der Waals surface area contributed by atoms with E-state index in [-0.39, 0.29) is 6.42 Å². The van der Waals surface area contributed by atoms with Gasteiger partial charge in [-0.25, -0.2) is 0 Å². The molecule has 0 bridgehead atoms. The van der Waals surface area contributed by atoms with E-state index in [1.165, 1.54) is 6.42 Å². The van der Waals surface area contributed by atoms with Gasteiger partial charge in [-0.1, -0.05) is 13.3 Å². The first kappa shape index (κ1) is 14.0. The van der Waals surface area contributed by atoms with Gasteiger partial charge in [0.1, 0.15) is 0 Å². The summed E-state index contributed by atoms with van der Waals surface area (Å²) in [5.74, 6) is 0.574. The molecule has 2 rings (SSSR count). The van der Waals surface area contributed by atoms with E-state index < -0.39 is 5.97 Å². The number of carboxylic acid groups (broad SMARTS) is 1. The van der Waals surface area contributed by atoms with Gasteiger partial charge in [0, 0.05) is 18.9 Å². The molecule has 1 aliphatic heterocycles. The maximum Gasteiger partial charge on any atom is 0.303 e. The van der Waals surface area contributed by atoms with Crippen LogP contribution in [0.3, 0.4) is 0 Å². The van der Waals surface area contributed by atoms with Gasteiger partial charge in [-0.05, 0) is 25.8 Å². The second-order valence-corrected chi connectivity index (χ2v) is 5.00. The van der Waals surface area contributed by atoms with Crippen molar-refractivity contribution < 1.29 is 14.3 Å². The molecule has 0 saturated carbocycles. The summed E-state index contributed by atoms with van der Waals surface area (Å²) < 4.78 is 5.53. The molecule has 6 heteroatoms. The average molecular weight is 267 g/mol. The fraction of sp³-hybridized carbons (Fsp3) is 0.769. The number of hydrogen-bond donors (Lipinski definition) is 1. The molecule has 1 saturated heterocycles. The number of rotatable bonds is 6. The summed E-state index contributed by atoms with van der Waals surface area (Å²) in [7, 11) is 0. The van der Waals surface area contributed by atoms with Gasteiger partial charge in [-0.2, -0.15) is 0 Å². The van der Waals surface area contributed by atoms with Gasteiger partial charge in [0.15, 0.2) is 0 Å². The first-order chi connectivity index (χ1) is 9.19. The Labute approximate surface area is 112 Å². The molecular weight excluding hydrogens is 246 g/mol. The number of piperidine rings is 1. The highest BCUT2D eigenvalue weighted by molar-refractivity contribution is 5.66. The first-order valence-electron chi connectivity index (χ1n) is 6.96. The zero-order chi connectivity index (χ0) is 13.7. The van der Waals surface area contributed by atoms with E-state index in [1.54, 1.807) is 0 Å². The molecule has 0 aromatic carbocycles. The molecule has 0 radical (unpaired) electrons. The van der Waals surface area contributed by atoms with E-state index in [9.17, 15) is 4.79 Å². The van der Waals surface area contributed by atoms with Crippen LogP contribution >= 0.6 is 0 Å². The van der Waals surface area contributed by atoms with Crippen LogP contribution < -0.4 is 0 Å². The maximum absolute atomic E-state index is 10.7. The zero-order valence-electron chi connectivity index (χ0n) is 11.3. The molecule has 106 valence electrons. The van der Waals surface area contributed by atoms with Crippen LogP contribution in [0.5, 0.6) is 0 Å². The fourth-order valence-corrected chi connectivity index (χ4v) is 2.55. The molecule has 1 fully saturated rings. The smallest absolute Gasteiger partial charge is 0.303 e. The number of aromatic nitrogens is 2. The van der Waals surface area contributed by atoms with E-state index in [2.05, 4.69) is 15.1 Å². The monoisotopic (exact) mass is 267 g/mol. The Hall–Kier alpha value is -1.43. The van der Waals surface area contributed by atoms with Crippen molar-refractivity contribution in [3.8, 4) is 0 Å². The van der Waals surface area contributed by atoms with Crippen molar-refractivity contribution >= 4 is 5.97 Å². The molecule has 1 aromatic heterocycles. The van der Waals surface area contributed by atoms with Crippen LogP contribution in [0.15, 0.2) is 4.42 Å². The zero-order valence-corrected chi connectivity index (χ0v) is 11.3. The van der Waals surface area contributed by atoms with Crippen LogP contribution in [-0.2, 0) is 17.8 Å². The van der Waals surface area contributed by atoms with E-state index in [1.807, 2.05) is 6.92 Å². The number of nitrogens with zero attached hydrogens (tertiary/aromatic N) is 3. The molecule has 1 aliphatic rings. The molecule has 1 unspecified atom stereocenters. The largest absolute Gasteiger partial charge is 0.481 e. The van der Waals surface area contributed by atoms with E-state index in [0.717, 1.165) is 25.8 Å². The van der Waals surface area contributed by atoms with Gasteiger partial charge in [0.2, 0.25) is 11.8 Å². The Balaban J connectivity index is 1.92. The average Bonchev–Trinajstić information content (AvgIpc) is 2.85. The highest BCUT2D eigenvalue weighted by atomic mass is 16.4. The third-order valence-corrected chi connectivity index (χ3v) is 3.59. The quantitative estimate of drug-likeness (QED) is 0.847. The second kappa shape index (κ2) is 6.65. The Kier molecular flexibility index (Phi) is 4.90. The number of carboxylic acids is 1. The lowest BCUT2D eigenvalue weighted by atomic mass is 9.98. The number of hydrogen-bond acceptors (Lipinski definition) is 5. The minimum atomic E-state index is -0.725. The predicted molar refractivity (Wildman–Crippen MR) is 68.6 cm³/mol. The minimum absolute atomic E-state index is 0.227. The number of aryl methyl sites for hydroxylation is 1. The molecule has 0 spiro atoms. The summed E-state index contributed by atoms with van der Waals surface area (Å²) in [5.41, 5.74) is 0. The lowest BCUT2D eigenvalue weighted by Gasteiger charge is -2.34. The molecule has 1 aromatic rings. The summed E-state index contributed by atoms with van der Waals surface area (Å²) in [5, 5.41) is 16.8. The predicted octanol–water partition coefficient (Wildman–Crippen LogP) is 1.85. The molecule has 2 heterocycles. The van der Waals surface area contributed by atoms with Crippen LogP contribution in [-0.4, -0.2) is 38.8 Å². The normalized spacial score (nSPS) is 20.6. The lowest BCUT2D eigenvalue weighted by Crippen LogP contribution is -2.39. The van der Waals surface area contributed by atoms with Crippen LogP contribution in [0.4, 0.5) is 0 Å². The molecule has 6 nitrogen and oxygen atoms in total. The van der Waals surface area contributed by atoms with Gasteiger partial charge >= 0.3 is 5.97 Å². The van der Waals surface area contributed by atoms with Crippen molar-refractivity contribution in [2.45, 2.75) is 58.0 Å². The number of aliphatic carboxylic acids is 1. The Bertz CT molecular complexity index is 419. The molecule has 19 heavy (non-hydrogen) atoms. The van der Waals surface area contributed by atoms with Gasteiger partial charge in [0.05, 0.1) is 6.54 Å². The highest BCUT2D eigenvalue weighted by Gasteiger charge is 2.24. The van der Waals surface area contributed by atoms with Crippen molar-refractivity contribution in [3.63, 3.8) is 0 Å². The summed E-state index contributed by atoms with van der Waals surface area (Å²) >= 11 is 0. The van der Waals surface area contributed by atoms with Gasteiger partial charge in [0.25, 0.3) is 0 Å². The van der Waals surface area contributed by atoms with Crippen molar-refractivity contribution in [3.05, 3.63) is 11.8 Å². The molecule has 0 aliphatic carbocycles. The van der Waals surface area contributed by atoms with Crippen LogP contribution in [0.25, 0.3) is 0 Å². The van der Waals surface area contributed by atoms with Crippen LogP contribution in [0, 0.1) is 0 Å². The second-order valence-electron chi connectivity index (χ2n) is 5.00. The highest BCUT2D eigenvalue weighted by Crippen LogP contribution is 2.22. The standard InChI is InChI=1S/C13H21N3O3/c1-2-11-14-15-12(19-11)9-16-8-4-3-5-10(16)6-7-13(17)18/h10H,2-9H2,1H3,(H,17,18). The minimum Gasteiger partial charge on any atom is -0.481 e. The summed E-state index contributed by atoms with van der Waals surface area (Å²) in [6, 6.07) is 0.321. The topological polar surface area (TPSA) is 79.5 Å². The SMILES string of the molecule is CCc1nnc(CN2CCCCC2CCC(=O)O)o1. The third-order valence-electron chi connectivity index (χ3n) is 3.59. The molecule has 0 amide bonds. The van der Waals surface area contributed by atoms with E-state index in [0.29, 0.717) is 30.8 Å². The van der Waals surface area contributed by atoms with Crippen molar-refractivity contribution in [1.82, 2.24) is 15.1 Å². The van der Waals surface area contributed by atoms with Crippen molar-refractivity contribution in [1.29, 1.82) is 0 Å². The van der Waals surface area contributed by atoms with Crippen molar-refractivity contribution in [2.24, 2.45) is 0 Å². The maximum atomic E-state index is 10.7. The number of likely N-dealkylation sites (tertiary alicyclic amines) is 1. The summed E-state index contributed by atoms with van der Waals surface area (Å²) in [6.45, 7) is 3.60. The van der Waals surface area contributed by atoms with Crippen LogP contribution in [0.2, 0.25) is 0 Å². The van der Waals surface area contributed by atoms with Gasteiger partial charge < -0.3 is 9.52 Å². The summed E-state index contributed by atoms with van der Waals surface area (Å²) in [4.78, 5) is 13.0. The molecule has 1 N–H and O–H groups in total. The van der Waals surface area contributed by atoms with E-state index >= 15 is 0 Å². The van der Waals surface area contributed by atoms with Crippen molar-refractivity contribution in [2.75, 3.05) is 6.54 Å². The van der Waals surface area contributed by atoms with Crippen LogP contribution in [0.1, 0.15) is 50.8 Å².